The number of benzene rings is 2. The predicted molar refractivity (Wildman–Crippen MR) is 77.3 cm³/mol. The largest absolute Gasteiger partial charge is 0.384 e. The van der Waals surface area contributed by atoms with Gasteiger partial charge in [-0.2, -0.15) is 4.98 Å². The summed E-state index contributed by atoms with van der Waals surface area (Å²) in [7, 11) is 0. The van der Waals surface area contributed by atoms with Gasteiger partial charge in [0.25, 0.3) is 5.89 Å². The van der Waals surface area contributed by atoms with Crippen LogP contribution in [-0.2, 0) is 6.42 Å². The summed E-state index contributed by atoms with van der Waals surface area (Å²) < 4.78 is 19.0. The van der Waals surface area contributed by atoms with E-state index in [1.807, 2.05) is 18.2 Å². The first-order chi connectivity index (χ1) is 10.3. The minimum atomic E-state index is -0.358. The normalized spacial score (nSPS) is 13.0. The lowest BCUT2D eigenvalue weighted by molar-refractivity contribution is 0.432. The molecule has 0 unspecified atom stereocenters. The molecule has 1 aromatic heterocycles. The van der Waals surface area contributed by atoms with Crippen LogP contribution < -0.4 is 5.32 Å². The van der Waals surface area contributed by atoms with Crippen LogP contribution in [0.15, 0.2) is 47.0 Å². The molecule has 0 aliphatic carbocycles. The second-order valence-electron chi connectivity index (χ2n) is 4.95. The van der Waals surface area contributed by atoms with Crippen molar-refractivity contribution >= 4 is 5.69 Å². The monoisotopic (exact) mass is 281 g/mol. The van der Waals surface area contributed by atoms with Crippen molar-refractivity contribution in [1.82, 2.24) is 10.1 Å². The maximum atomic E-state index is 13.7. The molecule has 0 bridgehead atoms. The van der Waals surface area contributed by atoms with E-state index in [9.17, 15) is 4.39 Å². The van der Waals surface area contributed by atoms with Crippen LogP contribution in [-0.4, -0.2) is 16.7 Å². The summed E-state index contributed by atoms with van der Waals surface area (Å²) in [5.41, 5.74) is 3.58. The minimum absolute atomic E-state index is 0.265. The molecule has 2 aromatic carbocycles. The lowest BCUT2D eigenvalue weighted by Crippen LogP contribution is -1.90. The molecule has 5 heteroatoms. The van der Waals surface area contributed by atoms with Crippen molar-refractivity contribution in [2.24, 2.45) is 0 Å². The summed E-state index contributed by atoms with van der Waals surface area (Å²) in [6.07, 6.45) is 0.984. The lowest BCUT2D eigenvalue weighted by Gasteiger charge is -2.00. The maximum Gasteiger partial charge on any atom is 0.258 e. The molecule has 0 radical (unpaired) electrons. The molecule has 2 heterocycles. The third-order valence-electron chi connectivity index (χ3n) is 3.60. The third kappa shape index (κ3) is 2.07. The van der Waals surface area contributed by atoms with Crippen molar-refractivity contribution < 1.29 is 8.91 Å². The molecule has 0 spiro atoms. The number of rotatable bonds is 2. The van der Waals surface area contributed by atoms with Gasteiger partial charge < -0.3 is 9.84 Å². The topological polar surface area (TPSA) is 51.0 Å². The highest BCUT2D eigenvalue weighted by atomic mass is 19.1. The van der Waals surface area contributed by atoms with Gasteiger partial charge in [0.05, 0.1) is 5.56 Å². The second-order valence-corrected chi connectivity index (χ2v) is 4.95. The summed E-state index contributed by atoms with van der Waals surface area (Å²) in [4.78, 5) is 4.30. The Morgan fingerprint density at radius 3 is 2.95 bits per heavy atom. The molecule has 1 N–H and O–H groups in total. The number of halogens is 1. The van der Waals surface area contributed by atoms with Crippen LogP contribution >= 0.6 is 0 Å². The Balaban J connectivity index is 1.73. The van der Waals surface area contributed by atoms with Gasteiger partial charge in [-0.1, -0.05) is 17.3 Å². The number of nitrogens with one attached hydrogen (secondary N) is 1. The quantitative estimate of drug-likeness (QED) is 0.781. The van der Waals surface area contributed by atoms with E-state index in [1.54, 1.807) is 18.2 Å². The van der Waals surface area contributed by atoms with E-state index in [0.717, 1.165) is 24.2 Å². The number of fused-ring (bicyclic) bond motifs is 1. The molecule has 1 aliphatic rings. The van der Waals surface area contributed by atoms with Crippen LogP contribution in [0, 0.1) is 5.82 Å². The van der Waals surface area contributed by atoms with Gasteiger partial charge in [0.15, 0.2) is 0 Å². The number of hydrogen-bond donors (Lipinski definition) is 1. The average molecular weight is 281 g/mol. The maximum absolute atomic E-state index is 13.7. The van der Waals surface area contributed by atoms with Crippen LogP contribution in [0.2, 0.25) is 0 Å². The Morgan fingerprint density at radius 2 is 2.05 bits per heavy atom. The van der Waals surface area contributed by atoms with Gasteiger partial charge in [-0.3, -0.25) is 0 Å². The zero-order valence-electron chi connectivity index (χ0n) is 11.1. The van der Waals surface area contributed by atoms with Crippen molar-refractivity contribution in [3.63, 3.8) is 0 Å². The summed E-state index contributed by atoms with van der Waals surface area (Å²) in [6, 6.07) is 12.4. The Hall–Kier alpha value is -2.69. The van der Waals surface area contributed by atoms with E-state index < -0.39 is 0 Å². The molecule has 21 heavy (non-hydrogen) atoms. The Kier molecular flexibility index (Phi) is 2.70. The molecule has 0 amide bonds. The van der Waals surface area contributed by atoms with Crippen molar-refractivity contribution in [1.29, 1.82) is 0 Å². The number of nitrogens with zero attached hydrogens (tertiary/aromatic N) is 2. The molecule has 0 fully saturated rings. The third-order valence-corrected chi connectivity index (χ3v) is 3.60. The van der Waals surface area contributed by atoms with Crippen LogP contribution in [0.1, 0.15) is 5.56 Å². The van der Waals surface area contributed by atoms with E-state index in [-0.39, 0.29) is 11.6 Å². The van der Waals surface area contributed by atoms with Gasteiger partial charge >= 0.3 is 0 Å². The van der Waals surface area contributed by atoms with Crippen LogP contribution in [0.25, 0.3) is 22.8 Å². The van der Waals surface area contributed by atoms with Crippen LogP contribution in [0.5, 0.6) is 0 Å². The zero-order chi connectivity index (χ0) is 14.2. The highest BCUT2D eigenvalue weighted by molar-refractivity contribution is 5.66. The zero-order valence-corrected chi connectivity index (χ0v) is 11.1. The standard InChI is InChI=1S/C16H12FN3O/c17-13-4-2-1-3-12(13)15-19-16(21-20-15)11-5-6-14-10(9-11)7-8-18-14/h1-6,9,18H,7-8H2. The molecule has 1 aliphatic heterocycles. The average Bonchev–Trinajstić information content (AvgIpc) is 3.16. The lowest BCUT2D eigenvalue weighted by atomic mass is 10.1. The van der Waals surface area contributed by atoms with E-state index in [1.165, 1.54) is 11.6 Å². The predicted octanol–water partition coefficient (Wildman–Crippen LogP) is 3.51. The summed E-state index contributed by atoms with van der Waals surface area (Å²) in [6.45, 7) is 0.948. The Labute approximate surface area is 120 Å². The van der Waals surface area contributed by atoms with Crippen LogP contribution in [0.4, 0.5) is 10.1 Å². The molecular formula is C16H12FN3O. The SMILES string of the molecule is Fc1ccccc1-c1noc(-c2ccc3c(c2)CCN3)n1. The summed E-state index contributed by atoms with van der Waals surface area (Å²) in [5, 5.41) is 7.18. The first-order valence-electron chi connectivity index (χ1n) is 6.77. The number of hydrogen-bond acceptors (Lipinski definition) is 4. The Morgan fingerprint density at radius 1 is 1.14 bits per heavy atom. The fourth-order valence-corrected chi connectivity index (χ4v) is 2.53. The summed E-state index contributed by atoms with van der Waals surface area (Å²) in [5.74, 6) is 0.313. The van der Waals surface area contributed by atoms with Crippen molar-refractivity contribution in [3.05, 3.63) is 53.8 Å². The first kappa shape index (κ1) is 12.1. The highest BCUT2D eigenvalue weighted by Crippen LogP contribution is 2.29. The van der Waals surface area contributed by atoms with Crippen molar-refractivity contribution in [3.8, 4) is 22.8 Å². The van der Waals surface area contributed by atoms with Crippen LogP contribution in [0.3, 0.4) is 0 Å². The van der Waals surface area contributed by atoms with Gasteiger partial charge in [-0.05, 0) is 42.3 Å². The number of aromatic nitrogens is 2. The molecule has 0 atom stereocenters. The van der Waals surface area contributed by atoms with E-state index in [4.69, 9.17) is 4.52 Å². The van der Waals surface area contributed by atoms with E-state index in [2.05, 4.69) is 15.5 Å². The van der Waals surface area contributed by atoms with Gasteiger partial charge in [0, 0.05) is 17.8 Å². The fraction of sp³-hybridized carbons (Fsp3) is 0.125. The van der Waals surface area contributed by atoms with Gasteiger partial charge in [-0.25, -0.2) is 4.39 Å². The molecule has 0 saturated heterocycles. The van der Waals surface area contributed by atoms with Gasteiger partial charge in [-0.15, -0.1) is 0 Å². The van der Waals surface area contributed by atoms with Gasteiger partial charge in [0.2, 0.25) is 5.82 Å². The Bertz CT molecular complexity index is 813. The van der Waals surface area contributed by atoms with Crippen molar-refractivity contribution in [2.75, 3.05) is 11.9 Å². The van der Waals surface area contributed by atoms with E-state index >= 15 is 0 Å². The summed E-state index contributed by atoms with van der Waals surface area (Å²) >= 11 is 0. The first-order valence-corrected chi connectivity index (χ1v) is 6.77. The molecule has 104 valence electrons. The van der Waals surface area contributed by atoms with Gasteiger partial charge in [0.1, 0.15) is 5.82 Å². The number of anilines is 1. The fourth-order valence-electron chi connectivity index (χ4n) is 2.53. The van der Waals surface area contributed by atoms with E-state index in [0.29, 0.717) is 11.5 Å². The molecule has 4 nitrogen and oxygen atoms in total. The molecule has 4 rings (SSSR count). The molecular weight excluding hydrogens is 269 g/mol. The second kappa shape index (κ2) is 4.70. The van der Waals surface area contributed by atoms with Crippen molar-refractivity contribution in [2.45, 2.75) is 6.42 Å². The highest BCUT2D eigenvalue weighted by Gasteiger charge is 2.16. The smallest absolute Gasteiger partial charge is 0.258 e. The molecule has 0 saturated carbocycles. The minimum Gasteiger partial charge on any atom is -0.384 e. The molecule has 3 aromatic rings.